The molecule has 2 aromatic carbocycles. The van der Waals surface area contributed by atoms with E-state index in [0.717, 1.165) is 16.7 Å². The Morgan fingerprint density at radius 3 is 2.72 bits per heavy atom. The number of hydrogen-bond donors (Lipinski definition) is 2. The maximum atomic E-state index is 12.5. The topological polar surface area (TPSA) is 84.5 Å². The highest BCUT2D eigenvalue weighted by atomic mass is 32.2. The molecule has 1 heterocycles. The standard InChI is InChI=1S/C18H20N2O4S/c1-24-12-14-4-2-3-13(9-14)11-19-25(22,23)16-6-7-17-15(10-16)5-8-18(21)20-17/h2-4,6-7,9-10,19H,5,8,11-12H2,1H3,(H,20,21). The number of ether oxygens (including phenoxy) is 1. The van der Waals surface area contributed by atoms with E-state index in [9.17, 15) is 13.2 Å². The number of benzene rings is 2. The van der Waals surface area contributed by atoms with Gasteiger partial charge in [0.15, 0.2) is 0 Å². The molecule has 0 saturated heterocycles. The van der Waals surface area contributed by atoms with Gasteiger partial charge in [-0.15, -0.1) is 0 Å². The third kappa shape index (κ3) is 4.25. The molecule has 0 saturated carbocycles. The summed E-state index contributed by atoms with van der Waals surface area (Å²) in [5.74, 6) is -0.0443. The second-order valence-corrected chi connectivity index (χ2v) is 7.71. The van der Waals surface area contributed by atoms with Crippen LogP contribution in [-0.2, 0) is 39.1 Å². The number of rotatable bonds is 6. The lowest BCUT2D eigenvalue weighted by Crippen LogP contribution is -2.24. The Morgan fingerprint density at radius 2 is 1.92 bits per heavy atom. The summed E-state index contributed by atoms with van der Waals surface area (Å²) < 4.78 is 32.8. The molecule has 2 aromatic rings. The van der Waals surface area contributed by atoms with Crippen LogP contribution >= 0.6 is 0 Å². The Hall–Kier alpha value is -2.22. The Labute approximate surface area is 147 Å². The summed E-state index contributed by atoms with van der Waals surface area (Å²) in [5, 5.41) is 2.75. The molecule has 25 heavy (non-hydrogen) atoms. The molecular formula is C18H20N2O4S. The van der Waals surface area contributed by atoms with Gasteiger partial charge in [-0.3, -0.25) is 4.79 Å². The molecule has 0 atom stereocenters. The van der Waals surface area contributed by atoms with Crippen molar-refractivity contribution in [2.45, 2.75) is 30.9 Å². The molecule has 1 aliphatic rings. The van der Waals surface area contributed by atoms with E-state index in [0.29, 0.717) is 25.1 Å². The van der Waals surface area contributed by atoms with Crippen LogP contribution in [0.25, 0.3) is 0 Å². The number of methoxy groups -OCH3 is 1. The third-order valence-corrected chi connectivity index (χ3v) is 5.45. The molecule has 3 rings (SSSR count). The first-order valence-corrected chi connectivity index (χ1v) is 9.45. The molecule has 2 N–H and O–H groups in total. The van der Waals surface area contributed by atoms with Crippen LogP contribution in [-0.4, -0.2) is 21.4 Å². The highest BCUT2D eigenvalue weighted by Crippen LogP contribution is 2.25. The van der Waals surface area contributed by atoms with E-state index in [1.54, 1.807) is 19.2 Å². The highest BCUT2D eigenvalue weighted by molar-refractivity contribution is 7.89. The fourth-order valence-corrected chi connectivity index (χ4v) is 3.85. The van der Waals surface area contributed by atoms with Crippen LogP contribution in [0.15, 0.2) is 47.4 Å². The van der Waals surface area contributed by atoms with Crippen molar-refractivity contribution < 1.29 is 17.9 Å². The number of hydrogen-bond acceptors (Lipinski definition) is 4. The van der Waals surface area contributed by atoms with Crippen LogP contribution < -0.4 is 10.0 Å². The molecule has 7 heteroatoms. The molecule has 0 aromatic heterocycles. The highest BCUT2D eigenvalue weighted by Gasteiger charge is 2.19. The van der Waals surface area contributed by atoms with Gasteiger partial charge in [0.2, 0.25) is 15.9 Å². The zero-order valence-electron chi connectivity index (χ0n) is 13.9. The van der Waals surface area contributed by atoms with Crippen LogP contribution in [0.2, 0.25) is 0 Å². The lowest BCUT2D eigenvalue weighted by molar-refractivity contribution is -0.116. The van der Waals surface area contributed by atoms with E-state index >= 15 is 0 Å². The summed E-state index contributed by atoms with van der Waals surface area (Å²) in [6.07, 6.45) is 0.916. The van der Waals surface area contributed by atoms with Gasteiger partial charge in [-0.1, -0.05) is 24.3 Å². The van der Waals surface area contributed by atoms with Gasteiger partial charge < -0.3 is 10.1 Å². The number of sulfonamides is 1. The number of carbonyl (C=O) groups is 1. The second-order valence-electron chi connectivity index (χ2n) is 5.94. The van der Waals surface area contributed by atoms with Crippen LogP contribution in [0.5, 0.6) is 0 Å². The van der Waals surface area contributed by atoms with Gasteiger partial charge in [-0.05, 0) is 41.3 Å². The molecule has 0 spiro atoms. The van der Waals surface area contributed by atoms with E-state index in [1.807, 2.05) is 24.3 Å². The van der Waals surface area contributed by atoms with Gasteiger partial charge in [-0.2, -0.15) is 0 Å². The van der Waals surface area contributed by atoms with Crippen molar-refractivity contribution in [3.63, 3.8) is 0 Å². The maximum absolute atomic E-state index is 12.5. The van der Waals surface area contributed by atoms with Crippen molar-refractivity contribution in [3.05, 3.63) is 59.2 Å². The normalized spacial score (nSPS) is 14.0. The van der Waals surface area contributed by atoms with E-state index in [4.69, 9.17) is 4.74 Å². The van der Waals surface area contributed by atoms with Gasteiger partial charge >= 0.3 is 0 Å². The van der Waals surface area contributed by atoms with Gasteiger partial charge in [-0.25, -0.2) is 13.1 Å². The van der Waals surface area contributed by atoms with Crippen molar-refractivity contribution >= 4 is 21.6 Å². The minimum Gasteiger partial charge on any atom is -0.380 e. The summed E-state index contributed by atoms with van der Waals surface area (Å²) in [6, 6.07) is 12.4. The van der Waals surface area contributed by atoms with Crippen LogP contribution in [0.3, 0.4) is 0 Å². The van der Waals surface area contributed by atoms with E-state index < -0.39 is 10.0 Å². The predicted molar refractivity (Wildman–Crippen MR) is 94.6 cm³/mol. The molecule has 0 aliphatic carbocycles. The quantitative estimate of drug-likeness (QED) is 0.827. The molecule has 132 valence electrons. The molecular weight excluding hydrogens is 340 g/mol. The fraction of sp³-hybridized carbons (Fsp3) is 0.278. The van der Waals surface area contributed by atoms with Crippen molar-refractivity contribution in [2.75, 3.05) is 12.4 Å². The first-order chi connectivity index (χ1) is 12.0. The van der Waals surface area contributed by atoms with Crippen molar-refractivity contribution in [2.24, 2.45) is 0 Å². The number of aryl methyl sites for hydroxylation is 1. The van der Waals surface area contributed by atoms with Crippen LogP contribution in [0, 0.1) is 0 Å². The second kappa shape index (κ2) is 7.35. The number of nitrogens with one attached hydrogen (secondary N) is 2. The van der Waals surface area contributed by atoms with Crippen LogP contribution in [0.1, 0.15) is 23.1 Å². The maximum Gasteiger partial charge on any atom is 0.240 e. The summed E-state index contributed by atoms with van der Waals surface area (Å²) in [5.41, 5.74) is 3.37. The SMILES string of the molecule is COCc1cccc(CNS(=O)(=O)c2ccc3c(c2)CCC(=O)N3)c1. The molecule has 0 fully saturated rings. The van der Waals surface area contributed by atoms with Crippen molar-refractivity contribution in [3.8, 4) is 0 Å². The molecule has 6 nitrogen and oxygen atoms in total. The first-order valence-electron chi connectivity index (χ1n) is 7.97. The number of anilines is 1. The molecule has 0 unspecified atom stereocenters. The smallest absolute Gasteiger partial charge is 0.240 e. The summed E-state index contributed by atoms with van der Waals surface area (Å²) >= 11 is 0. The van der Waals surface area contributed by atoms with E-state index in [-0.39, 0.29) is 17.3 Å². The van der Waals surface area contributed by atoms with E-state index in [1.165, 1.54) is 6.07 Å². The zero-order chi connectivity index (χ0) is 17.9. The lowest BCUT2D eigenvalue weighted by atomic mass is 10.0. The van der Waals surface area contributed by atoms with E-state index in [2.05, 4.69) is 10.0 Å². The van der Waals surface area contributed by atoms with Crippen molar-refractivity contribution in [1.29, 1.82) is 0 Å². The zero-order valence-corrected chi connectivity index (χ0v) is 14.7. The number of carbonyl (C=O) groups excluding carboxylic acids is 1. The molecule has 1 amide bonds. The molecule has 0 radical (unpaired) electrons. The Balaban J connectivity index is 1.74. The van der Waals surface area contributed by atoms with Gasteiger partial charge in [0.1, 0.15) is 0 Å². The lowest BCUT2D eigenvalue weighted by Gasteiger charge is -2.17. The average Bonchev–Trinajstić information content (AvgIpc) is 2.60. The molecule has 0 bridgehead atoms. The Morgan fingerprint density at radius 1 is 1.12 bits per heavy atom. The Kier molecular flexibility index (Phi) is 5.17. The minimum absolute atomic E-state index is 0.0443. The summed E-state index contributed by atoms with van der Waals surface area (Å²) in [7, 11) is -2.01. The average molecular weight is 360 g/mol. The minimum atomic E-state index is -3.62. The number of amides is 1. The summed E-state index contributed by atoms with van der Waals surface area (Å²) in [4.78, 5) is 11.6. The predicted octanol–water partition coefficient (Wildman–Crippen LogP) is 2.20. The Bertz CT molecular complexity index is 894. The van der Waals surface area contributed by atoms with Gasteiger partial charge in [0, 0.05) is 25.8 Å². The van der Waals surface area contributed by atoms with Gasteiger partial charge in [0.05, 0.1) is 11.5 Å². The summed E-state index contributed by atoms with van der Waals surface area (Å²) in [6.45, 7) is 0.685. The van der Waals surface area contributed by atoms with Crippen molar-refractivity contribution in [1.82, 2.24) is 4.72 Å². The van der Waals surface area contributed by atoms with Gasteiger partial charge in [0.25, 0.3) is 0 Å². The third-order valence-electron chi connectivity index (χ3n) is 4.05. The first kappa shape index (κ1) is 17.6. The largest absolute Gasteiger partial charge is 0.380 e. The fourth-order valence-electron chi connectivity index (χ4n) is 2.78. The number of fused-ring (bicyclic) bond motifs is 1. The van der Waals surface area contributed by atoms with Crippen LogP contribution in [0.4, 0.5) is 5.69 Å². The molecule has 1 aliphatic heterocycles. The monoisotopic (exact) mass is 360 g/mol.